The smallest absolute Gasteiger partial charge is 0.291 e. The van der Waals surface area contributed by atoms with Crippen molar-refractivity contribution in [1.29, 1.82) is 0 Å². The highest BCUT2D eigenvalue weighted by molar-refractivity contribution is 5.99. The molecule has 3 heterocycles. The average molecular weight is 423 g/mol. The fourth-order valence-electron chi connectivity index (χ4n) is 4.45. The molecule has 0 bridgehead atoms. The second kappa shape index (κ2) is 7.81. The van der Waals surface area contributed by atoms with Crippen LogP contribution in [-0.2, 0) is 4.74 Å². The van der Waals surface area contributed by atoms with Gasteiger partial charge in [0.2, 0.25) is 5.76 Å². The largest absolute Gasteiger partial charge is 0.494 e. The summed E-state index contributed by atoms with van der Waals surface area (Å²) >= 11 is 0. The minimum Gasteiger partial charge on any atom is -0.494 e. The monoisotopic (exact) mass is 423 g/mol. The lowest BCUT2D eigenvalue weighted by Gasteiger charge is -2.27. The molecule has 5 rings (SSSR count). The summed E-state index contributed by atoms with van der Waals surface area (Å²) in [6.07, 6.45) is 1.70. The van der Waals surface area contributed by atoms with E-state index in [1.165, 1.54) is 12.1 Å². The van der Waals surface area contributed by atoms with Crippen LogP contribution in [0.5, 0.6) is 5.75 Å². The predicted molar refractivity (Wildman–Crippen MR) is 112 cm³/mol. The third kappa shape index (κ3) is 3.39. The molecule has 0 aliphatic carbocycles. The number of hydrogen-bond acceptors (Lipinski definition) is 5. The van der Waals surface area contributed by atoms with Crippen LogP contribution in [0.2, 0.25) is 0 Å². The number of ether oxygens (including phenoxy) is 2. The molecule has 31 heavy (non-hydrogen) atoms. The Morgan fingerprint density at radius 1 is 1.16 bits per heavy atom. The van der Waals surface area contributed by atoms with E-state index in [4.69, 9.17) is 13.9 Å². The Balaban J connectivity index is 1.66. The molecule has 0 unspecified atom stereocenters. The number of benzene rings is 2. The summed E-state index contributed by atoms with van der Waals surface area (Å²) < 4.78 is 30.9. The first kappa shape index (κ1) is 19.8. The van der Waals surface area contributed by atoms with E-state index in [1.54, 1.807) is 4.90 Å². The van der Waals surface area contributed by atoms with Crippen molar-refractivity contribution >= 4 is 16.9 Å². The number of carbonyl (C=O) groups excluding carboxylic acids is 1. The summed E-state index contributed by atoms with van der Waals surface area (Å²) in [6, 6.07) is 10.4. The normalized spacial score (nSPS) is 20.5. The summed E-state index contributed by atoms with van der Waals surface area (Å²) in [5, 5.41) is 0.126. The van der Waals surface area contributed by atoms with Gasteiger partial charge in [0, 0.05) is 13.2 Å². The second-order valence-electron chi connectivity index (χ2n) is 7.81. The van der Waals surface area contributed by atoms with Crippen LogP contribution in [0, 0.1) is 5.82 Å². The Hall–Kier alpha value is -3.19. The lowest BCUT2D eigenvalue weighted by Crippen LogP contribution is -2.36. The molecular formula is C24H22FNO5. The van der Waals surface area contributed by atoms with Gasteiger partial charge in [-0.15, -0.1) is 0 Å². The number of carbonyl (C=O) groups is 1. The van der Waals surface area contributed by atoms with Gasteiger partial charge in [-0.05, 0) is 55.7 Å². The van der Waals surface area contributed by atoms with Crippen molar-refractivity contribution in [3.63, 3.8) is 0 Å². The number of fused-ring (bicyclic) bond motifs is 2. The molecule has 6 nitrogen and oxygen atoms in total. The molecule has 1 aromatic heterocycles. The summed E-state index contributed by atoms with van der Waals surface area (Å²) in [6.45, 7) is 3.45. The van der Waals surface area contributed by atoms with Crippen LogP contribution in [0.4, 0.5) is 4.39 Å². The first-order chi connectivity index (χ1) is 15.1. The molecule has 1 amide bonds. The topological polar surface area (TPSA) is 69.0 Å². The minimum atomic E-state index is -0.633. The maximum Gasteiger partial charge on any atom is 0.291 e. The van der Waals surface area contributed by atoms with Crippen LogP contribution in [0.25, 0.3) is 11.0 Å². The van der Waals surface area contributed by atoms with Gasteiger partial charge in [-0.3, -0.25) is 9.59 Å². The number of nitrogens with zero attached hydrogens (tertiary/aromatic N) is 1. The summed E-state index contributed by atoms with van der Waals surface area (Å²) in [5.74, 6) is -0.166. The lowest BCUT2D eigenvalue weighted by molar-refractivity contribution is 0.0486. The molecule has 0 radical (unpaired) electrons. The number of rotatable bonds is 5. The molecular weight excluding hydrogens is 401 g/mol. The van der Waals surface area contributed by atoms with Crippen LogP contribution in [0.1, 0.15) is 47.5 Å². The molecule has 2 aromatic carbocycles. The zero-order valence-electron chi connectivity index (χ0n) is 17.1. The highest BCUT2D eigenvalue weighted by Crippen LogP contribution is 2.39. The van der Waals surface area contributed by atoms with Crippen molar-refractivity contribution in [2.45, 2.75) is 31.9 Å². The van der Waals surface area contributed by atoms with Crippen LogP contribution in [-0.4, -0.2) is 36.7 Å². The van der Waals surface area contributed by atoms with Crippen molar-refractivity contribution in [3.05, 3.63) is 75.4 Å². The van der Waals surface area contributed by atoms with E-state index < -0.39 is 17.3 Å². The molecule has 2 aliphatic rings. The van der Waals surface area contributed by atoms with E-state index in [1.807, 2.05) is 31.2 Å². The van der Waals surface area contributed by atoms with E-state index in [0.717, 1.165) is 24.5 Å². The lowest BCUT2D eigenvalue weighted by atomic mass is 9.98. The van der Waals surface area contributed by atoms with Crippen molar-refractivity contribution in [2.75, 3.05) is 19.8 Å². The van der Waals surface area contributed by atoms with E-state index in [-0.39, 0.29) is 34.3 Å². The molecule has 0 N–H and O–H groups in total. The van der Waals surface area contributed by atoms with E-state index >= 15 is 0 Å². The maximum atomic E-state index is 13.8. The van der Waals surface area contributed by atoms with Gasteiger partial charge in [0.25, 0.3) is 5.91 Å². The van der Waals surface area contributed by atoms with Crippen molar-refractivity contribution < 1.29 is 23.1 Å². The maximum absolute atomic E-state index is 13.8. The SMILES string of the molecule is CCOc1ccc([C@@H]2c3c(oc4ccc(F)cc4c3=O)C(=O)N2C[C@H]2CCCO2)cc1. The molecule has 1 fully saturated rings. The number of halogens is 1. The molecule has 7 heteroatoms. The zero-order valence-corrected chi connectivity index (χ0v) is 17.1. The fourth-order valence-corrected chi connectivity index (χ4v) is 4.45. The molecule has 2 aliphatic heterocycles. The molecule has 3 aromatic rings. The van der Waals surface area contributed by atoms with Gasteiger partial charge in [0.1, 0.15) is 17.1 Å². The fraction of sp³-hybridized carbons (Fsp3) is 0.333. The van der Waals surface area contributed by atoms with Crippen LogP contribution < -0.4 is 10.2 Å². The van der Waals surface area contributed by atoms with E-state index in [9.17, 15) is 14.0 Å². The van der Waals surface area contributed by atoms with Crippen molar-refractivity contribution in [1.82, 2.24) is 4.90 Å². The van der Waals surface area contributed by atoms with Crippen molar-refractivity contribution in [2.24, 2.45) is 0 Å². The minimum absolute atomic E-state index is 0.0148. The van der Waals surface area contributed by atoms with E-state index in [0.29, 0.717) is 25.5 Å². The number of amides is 1. The van der Waals surface area contributed by atoms with Crippen molar-refractivity contribution in [3.8, 4) is 5.75 Å². The molecule has 1 saturated heterocycles. The van der Waals surface area contributed by atoms with Gasteiger partial charge in [0.05, 0.1) is 29.7 Å². The van der Waals surface area contributed by atoms with Gasteiger partial charge in [0.15, 0.2) is 5.43 Å². The molecule has 2 atom stereocenters. The first-order valence-electron chi connectivity index (χ1n) is 10.5. The second-order valence-corrected chi connectivity index (χ2v) is 7.81. The Bertz CT molecular complexity index is 1200. The van der Waals surface area contributed by atoms with Gasteiger partial charge in [-0.1, -0.05) is 12.1 Å². The third-order valence-corrected chi connectivity index (χ3v) is 5.86. The van der Waals surface area contributed by atoms with Crippen LogP contribution >= 0.6 is 0 Å². The van der Waals surface area contributed by atoms with Crippen LogP contribution in [0.3, 0.4) is 0 Å². The van der Waals surface area contributed by atoms with E-state index in [2.05, 4.69) is 0 Å². The molecule has 160 valence electrons. The quantitative estimate of drug-likeness (QED) is 0.619. The Morgan fingerprint density at radius 2 is 1.97 bits per heavy atom. The summed E-state index contributed by atoms with van der Waals surface area (Å²) in [5.41, 5.74) is 0.808. The summed E-state index contributed by atoms with van der Waals surface area (Å²) in [7, 11) is 0. The van der Waals surface area contributed by atoms with Gasteiger partial charge < -0.3 is 18.8 Å². The first-order valence-corrected chi connectivity index (χ1v) is 10.5. The third-order valence-electron chi connectivity index (χ3n) is 5.86. The standard InChI is InChI=1S/C24H22FNO5/c1-2-29-16-8-5-14(6-9-16)21-20-22(27)18-12-15(25)7-10-19(18)31-23(20)24(28)26(21)13-17-4-3-11-30-17/h5-10,12,17,21H,2-4,11,13H2,1H3/t17-,21-/m1/s1. The Morgan fingerprint density at radius 3 is 2.68 bits per heavy atom. The van der Waals surface area contributed by atoms with Gasteiger partial charge >= 0.3 is 0 Å². The van der Waals surface area contributed by atoms with Gasteiger partial charge in [-0.2, -0.15) is 0 Å². The Kier molecular flexibility index (Phi) is 4.98. The zero-order chi connectivity index (χ0) is 21.5. The molecule has 0 spiro atoms. The van der Waals surface area contributed by atoms with Gasteiger partial charge in [-0.25, -0.2) is 4.39 Å². The molecule has 0 saturated carbocycles. The van der Waals surface area contributed by atoms with Crippen LogP contribution in [0.15, 0.2) is 51.7 Å². The summed E-state index contributed by atoms with van der Waals surface area (Å²) in [4.78, 5) is 28.4. The average Bonchev–Trinajstić information content (AvgIpc) is 3.37. The number of hydrogen-bond donors (Lipinski definition) is 0. The highest BCUT2D eigenvalue weighted by atomic mass is 19.1. The highest BCUT2D eigenvalue weighted by Gasteiger charge is 2.43. The Labute approximate surface area is 178 Å². The predicted octanol–water partition coefficient (Wildman–Crippen LogP) is 4.06.